The number of nitrogens with one attached hydrogen (secondary N) is 2. The number of amides is 1. The van der Waals surface area contributed by atoms with Crippen molar-refractivity contribution in [2.75, 3.05) is 16.8 Å². The third-order valence-electron chi connectivity index (χ3n) is 3.99. The molecule has 1 atom stereocenters. The molecule has 1 fully saturated rings. The van der Waals surface area contributed by atoms with Crippen LogP contribution in [0.2, 0.25) is 0 Å². The van der Waals surface area contributed by atoms with E-state index in [1.807, 2.05) is 31.2 Å². The standard InChI is InChI=1S/C17H19N3O3S/c1-12-4-2-3-5-16(12)19-15-8-13(9-18-10-15)17(21)20-14-6-7-24(22,23)11-14/h2-5,8-10,14,19H,6-7,11H2,1H3,(H,20,21). The number of sulfone groups is 1. The average molecular weight is 345 g/mol. The van der Waals surface area contributed by atoms with E-state index in [9.17, 15) is 13.2 Å². The first-order valence-corrected chi connectivity index (χ1v) is 9.54. The van der Waals surface area contributed by atoms with Crippen molar-refractivity contribution in [1.29, 1.82) is 0 Å². The van der Waals surface area contributed by atoms with Crippen molar-refractivity contribution in [2.24, 2.45) is 0 Å². The highest BCUT2D eigenvalue weighted by Gasteiger charge is 2.29. The highest BCUT2D eigenvalue weighted by Crippen LogP contribution is 2.20. The molecular weight excluding hydrogens is 326 g/mol. The number of carbonyl (C=O) groups excluding carboxylic acids is 1. The van der Waals surface area contributed by atoms with Gasteiger partial charge < -0.3 is 10.6 Å². The van der Waals surface area contributed by atoms with Gasteiger partial charge in [-0.1, -0.05) is 18.2 Å². The Morgan fingerprint density at radius 1 is 1.25 bits per heavy atom. The van der Waals surface area contributed by atoms with Crippen LogP contribution in [-0.4, -0.2) is 36.9 Å². The highest BCUT2D eigenvalue weighted by molar-refractivity contribution is 7.91. The number of rotatable bonds is 4. The average Bonchev–Trinajstić information content (AvgIpc) is 2.88. The van der Waals surface area contributed by atoms with Crippen LogP contribution in [0.1, 0.15) is 22.3 Å². The summed E-state index contributed by atoms with van der Waals surface area (Å²) in [6, 6.07) is 9.21. The maximum absolute atomic E-state index is 12.3. The van der Waals surface area contributed by atoms with E-state index < -0.39 is 9.84 Å². The van der Waals surface area contributed by atoms with Gasteiger partial charge >= 0.3 is 0 Å². The second kappa shape index (κ2) is 6.60. The molecule has 0 saturated carbocycles. The fourth-order valence-corrected chi connectivity index (χ4v) is 4.35. The summed E-state index contributed by atoms with van der Waals surface area (Å²) >= 11 is 0. The summed E-state index contributed by atoms with van der Waals surface area (Å²) in [6.45, 7) is 1.99. The summed E-state index contributed by atoms with van der Waals surface area (Å²) in [4.78, 5) is 16.4. The van der Waals surface area contributed by atoms with Crippen LogP contribution in [0.4, 0.5) is 11.4 Å². The lowest BCUT2D eigenvalue weighted by atomic mass is 10.2. The minimum Gasteiger partial charge on any atom is -0.354 e. The van der Waals surface area contributed by atoms with Crippen molar-refractivity contribution in [3.63, 3.8) is 0 Å². The predicted octanol–water partition coefficient (Wildman–Crippen LogP) is 2.05. The lowest BCUT2D eigenvalue weighted by molar-refractivity contribution is 0.0941. The molecular formula is C17H19N3O3S. The Morgan fingerprint density at radius 3 is 2.75 bits per heavy atom. The Bertz CT molecular complexity index is 865. The number of carbonyl (C=O) groups is 1. The summed E-state index contributed by atoms with van der Waals surface area (Å²) in [6.07, 6.45) is 3.58. The van der Waals surface area contributed by atoms with E-state index in [1.54, 1.807) is 12.3 Å². The number of benzene rings is 1. The first-order chi connectivity index (χ1) is 11.4. The van der Waals surface area contributed by atoms with Crippen molar-refractivity contribution in [3.8, 4) is 0 Å². The molecule has 1 amide bonds. The molecule has 1 saturated heterocycles. The second-order valence-electron chi connectivity index (χ2n) is 5.98. The molecule has 24 heavy (non-hydrogen) atoms. The number of para-hydroxylation sites is 1. The van der Waals surface area contributed by atoms with Crippen LogP contribution in [-0.2, 0) is 9.84 Å². The van der Waals surface area contributed by atoms with Gasteiger partial charge in [0.15, 0.2) is 9.84 Å². The zero-order chi connectivity index (χ0) is 17.2. The van der Waals surface area contributed by atoms with Crippen molar-refractivity contribution in [3.05, 3.63) is 53.9 Å². The van der Waals surface area contributed by atoms with E-state index in [-0.39, 0.29) is 23.5 Å². The fourth-order valence-electron chi connectivity index (χ4n) is 2.68. The van der Waals surface area contributed by atoms with E-state index in [0.29, 0.717) is 17.7 Å². The molecule has 6 nitrogen and oxygen atoms in total. The van der Waals surface area contributed by atoms with Gasteiger partial charge in [0.2, 0.25) is 0 Å². The van der Waals surface area contributed by atoms with E-state index in [0.717, 1.165) is 11.3 Å². The molecule has 1 unspecified atom stereocenters. The molecule has 2 heterocycles. The molecule has 2 aromatic rings. The first-order valence-electron chi connectivity index (χ1n) is 7.72. The van der Waals surface area contributed by atoms with Gasteiger partial charge in [-0.05, 0) is 31.0 Å². The Labute approximate surface area is 141 Å². The van der Waals surface area contributed by atoms with Gasteiger partial charge in [0.05, 0.1) is 29.0 Å². The van der Waals surface area contributed by atoms with Gasteiger partial charge in [-0.15, -0.1) is 0 Å². The van der Waals surface area contributed by atoms with E-state index in [2.05, 4.69) is 15.6 Å². The van der Waals surface area contributed by atoms with Crippen LogP contribution >= 0.6 is 0 Å². The Kier molecular flexibility index (Phi) is 4.53. The van der Waals surface area contributed by atoms with Crippen LogP contribution < -0.4 is 10.6 Å². The molecule has 0 aliphatic carbocycles. The third-order valence-corrected chi connectivity index (χ3v) is 5.76. The van der Waals surface area contributed by atoms with E-state index >= 15 is 0 Å². The molecule has 0 bridgehead atoms. The van der Waals surface area contributed by atoms with Crippen molar-refractivity contribution >= 4 is 27.1 Å². The number of pyridine rings is 1. The number of aromatic nitrogens is 1. The largest absolute Gasteiger partial charge is 0.354 e. The lowest BCUT2D eigenvalue weighted by Gasteiger charge is -2.12. The summed E-state index contributed by atoms with van der Waals surface area (Å²) in [7, 11) is -3.02. The van der Waals surface area contributed by atoms with Crippen molar-refractivity contribution in [2.45, 2.75) is 19.4 Å². The summed E-state index contributed by atoms with van der Waals surface area (Å²) in [5.74, 6) is -0.170. The van der Waals surface area contributed by atoms with Gasteiger partial charge in [0.1, 0.15) is 0 Å². The topological polar surface area (TPSA) is 88.2 Å². The molecule has 0 radical (unpaired) electrons. The van der Waals surface area contributed by atoms with E-state index in [1.165, 1.54) is 6.20 Å². The molecule has 0 spiro atoms. The summed E-state index contributed by atoms with van der Waals surface area (Å²) < 4.78 is 22.9. The second-order valence-corrected chi connectivity index (χ2v) is 8.20. The third kappa shape index (κ3) is 3.91. The van der Waals surface area contributed by atoms with Crippen LogP contribution in [0.15, 0.2) is 42.7 Å². The smallest absolute Gasteiger partial charge is 0.253 e. The fraction of sp³-hybridized carbons (Fsp3) is 0.294. The highest BCUT2D eigenvalue weighted by atomic mass is 32.2. The van der Waals surface area contributed by atoms with Gasteiger partial charge in [0.25, 0.3) is 5.91 Å². The number of nitrogens with zero attached hydrogens (tertiary/aromatic N) is 1. The predicted molar refractivity (Wildman–Crippen MR) is 93.2 cm³/mol. The van der Waals surface area contributed by atoms with Crippen molar-refractivity contribution in [1.82, 2.24) is 10.3 Å². The van der Waals surface area contributed by atoms with Crippen LogP contribution in [0.25, 0.3) is 0 Å². The lowest BCUT2D eigenvalue weighted by Crippen LogP contribution is -2.35. The number of aryl methyl sites for hydroxylation is 1. The Morgan fingerprint density at radius 2 is 2.04 bits per heavy atom. The first kappa shape index (κ1) is 16.4. The maximum Gasteiger partial charge on any atom is 0.253 e. The van der Waals surface area contributed by atoms with Crippen molar-refractivity contribution < 1.29 is 13.2 Å². The number of hydrogen-bond donors (Lipinski definition) is 2. The minimum absolute atomic E-state index is 0.00726. The Hall–Kier alpha value is -2.41. The summed E-state index contributed by atoms with van der Waals surface area (Å²) in [5, 5.41) is 6.00. The summed E-state index contributed by atoms with van der Waals surface area (Å²) in [5.41, 5.74) is 3.14. The monoisotopic (exact) mass is 345 g/mol. The van der Waals surface area contributed by atoms with Gasteiger partial charge in [-0.3, -0.25) is 9.78 Å². The molecule has 3 rings (SSSR count). The number of hydrogen-bond acceptors (Lipinski definition) is 5. The molecule has 126 valence electrons. The molecule has 1 aromatic carbocycles. The molecule has 1 aliphatic rings. The molecule has 1 aromatic heterocycles. The SMILES string of the molecule is Cc1ccccc1Nc1cncc(C(=O)NC2CCS(=O)(=O)C2)c1. The van der Waals surface area contributed by atoms with Crippen LogP contribution in [0.3, 0.4) is 0 Å². The van der Waals surface area contributed by atoms with Crippen LogP contribution in [0, 0.1) is 6.92 Å². The zero-order valence-corrected chi connectivity index (χ0v) is 14.1. The van der Waals surface area contributed by atoms with Gasteiger partial charge in [-0.25, -0.2) is 8.42 Å². The van der Waals surface area contributed by atoms with Gasteiger partial charge in [-0.2, -0.15) is 0 Å². The van der Waals surface area contributed by atoms with Gasteiger partial charge in [0, 0.05) is 17.9 Å². The van der Waals surface area contributed by atoms with Crippen LogP contribution in [0.5, 0.6) is 0 Å². The maximum atomic E-state index is 12.3. The molecule has 2 N–H and O–H groups in total. The normalized spacial score (nSPS) is 19.0. The quantitative estimate of drug-likeness (QED) is 0.885. The molecule has 1 aliphatic heterocycles. The zero-order valence-electron chi connectivity index (χ0n) is 13.3. The van der Waals surface area contributed by atoms with E-state index in [4.69, 9.17) is 0 Å². The Balaban J connectivity index is 1.71. The molecule has 7 heteroatoms. The number of anilines is 2. The minimum atomic E-state index is -3.02.